The first-order chi connectivity index (χ1) is 10.3. The van der Waals surface area contributed by atoms with Gasteiger partial charge in [0.15, 0.2) is 0 Å². The zero-order valence-corrected chi connectivity index (χ0v) is 13.6. The highest BCUT2D eigenvalue weighted by atomic mass is 32.1. The fourth-order valence-electron chi connectivity index (χ4n) is 4.00. The molecule has 0 amide bonds. The maximum atomic E-state index is 6.10. The van der Waals surface area contributed by atoms with E-state index >= 15 is 0 Å². The average Bonchev–Trinajstić information content (AvgIpc) is 3.31. The summed E-state index contributed by atoms with van der Waals surface area (Å²) in [4.78, 5) is 5.30. The standard InChI is InChI=1S/C16H26N4S/c17-15-14(12-4-5-12)16(21-18-15)20-10-6-13(7-11-20)19-8-2-1-3-9-19/h12-13H,1-11H2,(H2,17,18). The van der Waals surface area contributed by atoms with E-state index in [1.54, 1.807) is 11.5 Å². The molecule has 0 unspecified atom stereocenters. The summed E-state index contributed by atoms with van der Waals surface area (Å²) in [5.41, 5.74) is 7.47. The summed E-state index contributed by atoms with van der Waals surface area (Å²) < 4.78 is 4.43. The zero-order chi connectivity index (χ0) is 14.2. The molecular formula is C16H26N4S. The summed E-state index contributed by atoms with van der Waals surface area (Å²) in [5.74, 6) is 1.51. The van der Waals surface area contributed by atoms with E-state index in [9.17, 15) is 0 Å². The lowest BCUT2D eigenvalue weighted by atomic mass is 9.99. The van der Waals surface area contributed by atoms with Gasteiger partial charge in [0, 0.05) is 24.7 Å². The Balaban J connectivity index is 1.41. The van der Waals surface area contributed by atoms with Crippen LogP contribution in [0.4, 0.5) is 10.8 Å². The van der Waals surface area contributed by atoms with Gasteiger partial charge in [0.25, 0.3) is 0 Å². The van der Waals surface area contributed by atoms with Gasteiger partial charge in [-0.1, -0.05) is 6.42 Å². The highest BCUT2D eigenvalue weighted by molar-refractivity contribution is 7.10. The molecule has 0 bridgehead atoms. The molecule has 4 nitrogen and oxygen atoms in total. The van der Waals surface area contributed by atoms with Gasteiger partial charge in [-0.05, 0) is 69.1 Å². The number of likely N-dealkylation sites (tertiary alicyclic amines) is 1. The molecule has 1 aromatic heterocycles. The second kappa shape index (κ2) is 5.76. The van der Waals surface area contributed by atoms with Crippen molar-refractivity contribution in [2.45, 2.75) is 56.9 Å². The summed E-state index contributed by atoms with van der Waals surface area (Å²) >= 11 is 1.63. The lowest BCUT2D eigenvalue weighted by Crippen LogP contribution is -2.46. The van der Waals surface area contributed by atoms with E-state index in [0.29, 0.717) is 5.92 Å². The van der Waals surface area contributed by atoms with Crippen LogP contribution in [-0.2, 0) is 0 Å². The molecule has 3 heterocycles. The van der Waals surface area contributed by atoms with Crippen LogP contribution in [0.25, 0.3) is 0 Å². The molecule has 4 rings (SSSR count). The van der Waals surface area contributed by atoms with E-state index in [1.165, 1.54) is 81.7 Å². The van der Waals surface area contributed by atoms with Crippen LogP contribution in [0.1, 0.15) is 56.4 Å². The summed E-state index contributed by atoms with van der Waals surface area (Å²) in [6.07, 6.45) is 9.46. The van der Waals surface area contributed by atoms with Crippen LogP contribution in [0.2, 0.25) is 0 Å². The molecular weight excluding hydrogens is 280 g/mol. The second-order valence-corrected chi connectivity index (χ2v) is 7.63. The summed E-state index contributed by atoms with van der Waals surface area (Å²) in [6, 6.07) is 0.816. The van der Waals surface area contributed by atoms with E-state index in [4.69, 9.17) is 5.73 Å². The Morgan fingerprint density at radius 1 is 0.952 bits per heavy atom. The molecule has 1 aliphatic carbocycles. The Labute approximate surface area is 131 Å². The van der Waals surface area contributed by atoms with Crippen LogP contribution < -0.4 is 10.6 Å². The molecule has 2 N–H and O–H groups in total. The predicted octanol–water partition coefficient (Wildman–Crippen LogP) is 3.06. The van der Waals surface area contributed by atoms with Gasteiger partial charge in [0.05, 0.1) is 0 Å². The molecule has 3 aliphatic rings. The molecule has 2 saturated heterocycles. The molecule has 0 aromatic carbocycles. The van der Waals surface area contributed by atoms with E-state index in [2.05, 4.69) is 14.2 Å². The van der Waals surface area contributed by atoms with E-state index in [1.807, 2.05) is 0 Å². The monoisotopic (exact) mass is 306 g/mol. The quantitative estimate of drug-likeness (QED) is 0.932. The molecule has 2 aliphatic heterocycles. The first-order valence-electron chi connectivity index (χ1n) is 8.57. The van der Waals surface area contributed by atoms with E-state index in [-0.39, 0.29) is 0 Å². The molecule has 1 aromatic rings. The number of hydrogen-bond donors (Lipinski definition) is 1. The lowest BCUT2D eigenvalue weighted by molar-refractivity contribution is 0.141. The molecule has 1 saturated carbocycles. The average molecular weight is 306 g/mol. The number of piperidine rings is 2. The third kappa shape index (κ3) is 2.78. The van der Waals surface area contributed by atoms with Crippen molar-refractivity contribution in [1.82, 2.24) is 9.27 Å². The SMILES string of the molecule is Nc1nsc(N2CCC(N3CCCCC3)CC2)c1C1CC1. The minimum absolute atomic E-state index is 0.707. The van der Waals surface area contributed by atoms with Gasteiger partial charge in [-0.15, -0.1) is 0 Å². The zero-order valence-electron chi connectivity index (χ0n) is 12.8. The van der Waals surface area contributed by atoms with Gasteiger partial charge in [0.2, 0.25) is 0 Å². The number of nitrogens with zero attached hydrogens (tertiary/aromatic N) is 3. The molecule has 5 heteroatoms. The predicted molar refractivity (Wildman–Crippen MR) is 89.2 cm³/mol. The number of aromatic nitrogens is 1. The minimum atomic E-state index is 0.707. The Kier molecular flexibility index (Phi) is 3.79. The Bertz CT molecular complexity index is 482. The number of nitrogen functional groups attached to an aromatic ring is 1. The summed E-state index contributed by atoms with van der Waals surface area (Å²) in [5, 5.41) is 1.38. The number of rotatable bonds is 3. The van der Waals surface area contributed by atoms with Gasteiger partial charge >= 0.3 is 0 Å². The highest BCUT2D eigenvalue weighted by Crippen LogP contribution is 2.49. The van der Waals surface area contributed by atoms with Gasteiger partial charge in [0.1, 0.15) is 10.8 Å². The highest BCUT2D eigenvalue weighted by Gasteiger charge is 2.34. The Morgan fingerprint density at radius 2 is 1.67 bits per heavy atom. The molecule has 0 spiro atoms. The van der Waals surface area contributed by atoms with Crippen molar-refractivity contribution in [3.63, 3.8) is 0 Å². The van der Waals surface area contributed by atoms with Gasteiger partial charge in [-0.25, -0.2) is 0 Å². The largest absolute Gasteiger partial charge is 0.383 e. The lowest BCUT2D eigenvalue weighted by Gasteiger charge is -2.40. The fraction of sp³-hybridized carbons (Fsp3) is 0.812. The fourth-order valence-corrected chi connectivity index (χ4v) is 4.95. The van der Waals surface area contributed by atoms with Crippen molar-refractivity contribution in [3.05, 3.63) is 5.56 Å². The molecule has 21 heavy (non-hydrogen) atoms. The van der Waals surface area contributed by atoms with Crippen molar-refractivity contribution in [2.24, 2.45) is 0 Å². The number of hydrogen-bond acceptors (Lipinski definition) is 5. The van der Waals surface area contributed by atoms with Crippen molar-refractivity contribution < 1.29 is 0 Å². The molecule has 116 valence electrons. The van der Waals surface area contributed by atoms with Crippen molar-refractivity contribution >= 4 is 22.4 Å². The molecule has 0 radical (unpaired) electrons. The normalized spacial score (nSPS) is 25.4. The van der Waals surface area contributed by atoms with Crippen LogP contribution in [0.15, 0.2) is 0 Å². The Morgan fingerprint density at radius 3 is 2.33 bits per heavy atom. The van der Waals surface area contributed by atoms with E-state index in [0.717, 1.165) is 11.9 Å². The summed E-state index contributed by atoms with van der Waals surface area (Å²) in [6.45, 7) is 5.02. The van der Waals surface area contributed by atoms with Crippen molar-refractivity contribution in [1.29, 1.82) is 0 Å². The topological polar surface area (TPSA) is 45.4 Å². The van der Waals surface area contributed by atoms with Crippen LogP contribution >= 0.6 is 11.5 Å². The molecule has 3 fully saturated rings. The third-order valence-electron chi connectivity index (χ3n) is 5.38. The van der Waals surface area contributed by atoms with Gasteiger partial charge in [-0.2, -0.15) is 4.37 Å². The van der Waals surface area contributed by atoms with Gasteiger partial charge in [-0.3, -0.25) is 0 Å². The Hall–Kier alpha value is -0.810. The number of anilines is 2. The minimum Gasteiger partial charge on any atom is -0.383 e. The van der Waals surface area contributed by atoms with Crippen molar-refractivity contribution in [2.75, 3.05) is 36.8 Å². The summed E-state index contributed by atoms with van der Waals surface area (Å²) in [7, 11) is 0. The maximum Gasteiger partial charge on any atom is 0.142 e. The molecule has 0 atom stereocenters. The van der Waals surface area contributed by atoms with Crippen LogP contribution in [-0.4, -0.2) is 41.5 Å². The smallest absolute Gasteiger partial charge is 0.142 e. The maximum absolute atomic E-state index is 6.10. The van der Waals surface area contributed by atoms with Crippen LogP contribution in [0.3, 0.4) is 0 Å². The van der Waals surface area contributed by atoms with Gasteiger partial charge < -0.3 is 15.5 Å². The second-order valence-electron chi connectivity index (χ2n) is 6.88. The van der Waals surface area contributed by atoms with Crippen LogP contribution in [0, 0.1) is 0 Å². The third-order valence-corrected chi connectivity index (χ3v) is 6.32. The van der Waals surface area contributed by atoms with Crippen LogP contribution in [0.5, 0.6) is 0 Å². The number of nitrogens with two attached hydrogens (primary N) is 1. The van der Waals surface area contributed by atoms with Crippen molar-refractivity contribution in [3.8, 4) is 0 Å². The van der Waals surface area contributed by atoms with E-state index < -0.39 is 0 Å². The first-order valence-corrected chi connectivity index (χ1v) is 9.34. The first kappa shape index (κ1) is 13.8.